The third-order valence-corrected chi connectivity index (χ3v) is 4.41. The van der Waals surface area contributed by atoms with Gasteiger partial charge in [0.1, 0.15) is 5.82 Å². The second-order valence-corrected chi connectivity index (χ2v) is 5.82. The predicted octanol–water partition coefficient (Wildman–Crippen LogP) is 3.59. The van der Waals surface area contributed by atoms with Gasteiger partial charge in [0.15, 0.2) is 0 Å². The highest BCUT2D eigenvalue weighted by molar-refractivity contribution is 5.31. The molecule has 1 heterocycles. The summed E-state index contributed by atoms with van der Waals surface area (Å²) >= 11 is 0. The fourth-order valence-electron chi connectivity index (χ4n) is 3.33. The Morgan fingerprint density at radius 3 is 2.40 bits per heavy atom. The molecule has 1 aliphatic heterocycles. The van der Waals surface area contributed by atoms with Crippen molar-refractivity contribution < 1.29 is 22.4 Å². The van der Waals surface area contributed by atoms with Gasteiger partial charge in [-0.25, -0.2) is 4.39 Å². The standard InChI is InChI=1S/C14H15F4NO/c1-20-19-7-13(8-19)5-9(6-13)11-3-2-10(4-12(11)15)14(16,17)18/h2-4,9H,5-8H2,1H3. The molecule has 0 radical (unpaired) electrons. The van der Waals surface area contributed by atoms with Crippen LogP contribution in [0.15, 0.2) is 18.2 Å². The summed E-state index contributed by atoms with van der Waals surface area (Å²) in [6.07, 6.45) is -2.86. The average molecular weight is 289 g/mol. The molecule has 0 aromatic heterocycles. The van der Waals surface area contributed by atoms with Crippen LogP contribution >= 0.6 is 0 Å². The van der Waals surface area contributed by atoms with Crippen LogP contribution in [0.1, 0.15) is 29.9 Å². The van der Waals surface area contributed by atoms with E-state index in [0.717, 1.165) is 32.0 Å². The van der Waals surface area contributed by atoms with Crippen molar-refractivity contribution in [1.29, 1.82) is 0 Å². The Hall–Kier alpha value is -1.14. The molecular weight excluding hydrogens is 274 g/mol. The van der Waals surface area contributed by atoms with Crippen LogP contribution in [0, 0.1) is 11.2 Å². The minimum atomic E-state index is -4.49. The van der Waals surface area contributed by atoms with Gasteiger partial charge < -0.3 is 4.84 Å². The molecule has 1 aromatic carbocycles. The van der Waals surface area contributed by atoms with Crippen LogP contribution in [0.25, 0.3) is 0 Å². The molecule has 0 atom stereocenters. The molecular formula is C14H15F4NO. The van der Waals surface area contributed by atoms with Crippen molar-refractivity contribution in [3.8, 4) is 0 Å². The second kappa shape index (κ2) is 4.43. The summed E-state index contributed by atoms with van der Waals surface area (Å²) in [7, 11) is 1.61. The van der Waals surface area contributed by atoms with E-state index in [2.05, 4.69) is 0 Å². The lowest BCUT2D eigenvalue weighted by Crippen LogP contribution is -2.61. The number of hydrogen-bond donors (Lipinski definition) is 0. The largest absolute Gasteiger partial charge is 0.416 e. The highest BCUT2D eigenvalue weighted by Gasteiger charge is 2.53. The molecule has 1 aromatic rings. The number of hydroxylamine groups is 2. The summed E-state index contributed by atoms with van der Waals surface area (Å²) in [5.74, 6) is -0.723. The Kier molecular flexibility index (Phi) is 3.06. The zero-order valence-corrected chi connectivity index (χ0v) is 11.0. The second-order valence-electron chi connectivity index (χ2n) is 5.82. The van der Waals surface area contributed by atoms with Crippen molar-refractivity contribution >= 4 is 0 Å². The first-order chi connectivity index (χ1) is 9.33. The van der Waals surface area contributed by atoms with Crippen LogP contribution in [0.5, 0.6) is 0 Å². The quantitative estimate of drug-likeness (QED) is 0.772. The normalized spacial score (nSPS) is 22.6. The van der Waals surface area contributed by atoms with E-state index in [1.165, 1.54) is 6.07 Å². The molecule has 0 unspecified atom stereocenters. The summed E-state index contributed by atoms with van der Waals surface area (Å²) in [6, 6.07) is 2.84. The Morgan fingerprint density at radius 1 is 1.25 bits per heavy atom. The minimum Gasteiger partial charge on any atom is -0.302 e. The fourth-order valence-corrected chi connectivity index (χ4v) is 3.33. The van der Waals surface area contributed by atoms with Gasteiger partial charge in [-0.2, -0.15) is 18.2 Å². The Labute approximate surface area is 114 Å². The summed E-state index contributed by atoms with van der Waals surface area (Å²) in [5, 5.41) is 1.83. The third kappa shape index (κ3) is 2.20. The van der Waals surface area contributed by atoms with Gasteiger partial charge in [0, 0.05) is 18.5 Å². The Bertz CT molecular complexity index is 514. The van der Waals surface area contributed by atoms with Crippen molar-refractivity contribution in [2.75, 3.05) is 20.2 Å². The third-order valence-electron chi connectivity index (χ3n) is 4.41. The first-order valence-electron chi connectivity index (χ1n) is 6.49. The van der Waals surface area contributed by atoms with E-state index in [1.54, 1.807) is 7.11 Å². The number of alkyl halides is 3. The maximum Gasteiger partial charge on any atom is 0.416 e. The monoisotopic (exact) mass is 289 g/mol. The van der Waals surface area contributed by atoms with E-state index in [1.807, 2.05) is 5.06 Å². The fraction of sp³-hybridized carbons (Fsp3) is 0.571. The molecule has 1 saturated heterocycles. The van der Waals surface area contributed by atoms with Gasteiger partial charge in [0.05, 0.1) is 12.7 Å². The van der Waals surface area contributed by atoms with Crippen molar-refractivity contribution in [3.63, 3.8) is 0 Å². The molecule has 1 saturated carbocycles. The zero-order valence-electron chi connectivity index (χ0n) is 11.0. The lowest BCUT2D eigenvalue weighted by Gasteiger charge is -2.58. The summed E-state index contributed by atoms with van der Waals surface area (Å²) < 4.78 is 51.3. The molecule has 2 fully saturated rings. The lowest BCUT2D eigenvalue weighted by atomic mass is 9.56. The highest BCUT2D eigenvalue weighted by atomic mass is 19.4. The van der Waals surface area contributed by atoms with Gasteiger partial charge in [0.2, 0.25) is 0 Å². The average Bonchev–Trinajstić information content (AvgIpc) is 2.26. The number of benzene rings is 1. The van der Waals surface area contributed by atoms with Crippen LogP contribution in [0.2, 0.25) is 0 Å². The van der Waals surface area contributed by atoms with Crippen LogP contribution in [0.4, 0.5) is 17.6 Å². The number of nitrogens with zero attached hydrogens (tertiary/aromatic N) is 1. The lowest BCUT2D eigenvalue weighted by molar-refractivity contribution is -0.254. The Balaban J connectivity index is 1.68. The van der Waals surface area contributed by atoms with E-state index < -0.39 is 17.6 Å². The molecule has 3 rings (SSSR count). The van der Waals surface area contributed by atoms with E-state index in [0.29, 0.717) is 11.6 Å². The number of rotatable bonds is 2. The van der Waals surface area contributed by atoms with Gasteiger partial charge in [-0.15, -0.1) is 0 Å². The molecule has 0 N–H and O–H groups in total. The molecule has 6 heteroatoms. The zero-order chi connectivity index (χ0) is 14.5. The molecule has 20 heavy (non-hydrogen) atoms. The first-order valence-corrected chi connectivity index (χ1v) is 6.49. The molecule has 1 aliphatic carbocycles. The maximum atomic E-state index is 13.8. The minimum absolute atomic E-state index is 0.0243. The summed E-state index contributed by atoms with van der Waals surface area (Å²) in [6.45, 7) is 1.64. The smallest absolute Gasteiger partial charge is 0.302 e. The maximum absolute atomic E-state index is 13.8. The van der Waals surface area contributed by atoms with Crippen LogP contribution < -0.4 is 0 Å². The van der Waals surface area contributed by atoms with E-state index in [9.17, 15) is 17.6 Å². The van der Waals surface area contributed by atoms with Gasteiger partial charge in [-0.3, -0.25) is 0 Å². The van der Waals surface area contributed by atoms with E-state index >= 15 is 0 Å². The number of halogens is 4. The molecule has 1 spiro atoms. The predicted molar refractivity (Wildman–Crippen MR) is 64.4 cm³/mol. The van der Waals surface area contributed by atoms with Crippen LogP contribution in [0.3, 0.4) is 0 Å². The summed E-state index contributed by atoms with van der Waals surface area (Å²) in [5.41, 5.74) is -0.350. The van der Waals surface area contributed by atoms with Gasteiger partial charge >= 0.3 is 6.18 Å². The van der Waals surface area contributed by atoms with Crippen molar-refractivity contribution in [2.24, 2.45) is 5.41 Å². The van der Waals surface area contributed by atoms with Crippen LogP contribution in [-0.2, 0) is 11.0 Å². The van der Waals surface area contributed by atoms with Crippen LogP contribution in [-0.4, -0.2) is 25.3 Å². The topological polar surface area (TPSA) is 12.5 Å². The molecule has 110 valence electrons. The van der Waals surface area contributed by atoms with E-state index in [4.69, 9.17) is 4.84 Å². The van der Waals surface area contributed by atoms with Gasteiger partial charge in [-0.1, -0.05) is 6.07 Å². The first kappa shape index (κ1) is 13.8. The van der Waals surface area contributed by atoms with Gasteiger partial charge in [-0.05, 0) is 36.5 Å². The van der Waals surface area contributed by atoms with E-state index in [-0.39, 0.29) is 11.3 Å². The molecule has 0 amide bonds. The van der Waals surface area contributed by atoms with Crippen molar-refractivity contribution in [2.45, 2.75) is 24.9 Å². The molecule has 2 nitrogen and oxygen atoms in total. The highest BCUT2D eigenvalue weighted by Crippen LogP contribution is 2.56. The molecule has 0 bridgehead atoms. The summed E-state index contributed by atoms with van der Waals surface area (Å²) in [4.78, 5) is 5.07. The van der Waals surface area contributed by atoms with Crippen molar-refractivity contribution in [3.05, 3.63) is 35.1 Å². The van der Waals surface area contributed by atoms with Crippen molar-refractivity contribution in [1.82, 2.24) is 5.06 Å². The SMILES string of the molecule is CON1CC2(CC(c3ccc(C(F)(F)F)cc3F)C2)C1. The van der Waals surface area contributed by atoms with Gasteiger partial charge in [0.25, 0.3) is 0 Å². The molecule has 2 aliphatic rings. The number of hydrogen-bond acceptors (Lipinski definition) is 2. The Morgan fingerprint density at radius 2 is 1.90 bits per heavy atom.